The van der Waals surface area contributed by atoms with E-state index < -0.39 is 0 Å². The van der Waals surface area contributed by atoms with Crippen LogP contribution in [0.25, 0.3) is 11.4 Å². The van der Waals surface area contributed by atoms with E-state index in [1.54, 1.807) is 6.07 Å². The van der Waals surface area contributed by atoms with Gasteiger partial charge in [-0.25, -0.2) is 9.37 Å². The second-order valence-electron chi connectivity index (χ2n) is 3.68. The fraction of sp³-hybridized carbons (Fsp3) is 0.167. The van der Waals surface area contributed by atoms with E-state index >= 15 is 0 Å². The number of alkyl halides is 1. The van der Waals surface area contributed by atoms with Crippen molar-refractivity contribution in [3.8, 4) is 11.4 Å². The van der Waals surface area contributed by atoms with Crippen LogP contribution in [0.1, 0.15) is 11.3 Å². The zero-order valence-electron chi connectivity index (χ0n) is 9.13. The molecule has 0 atom stereocenters. The summed E-state index contributed by atoms with van der Waals surface area (Å²) in [5.41, 5.74) is 1.57. The maximum Gasteiger partial charge on any atom is 0.251 e. The standard InChI is InChI=1S/C12H10ClFN2O/c1-7-2-3-8(14)4-10(7)12-15-9(6-13)5-11(17)16-12/h2-5H,6H2,1H3,(H,15,16,17). The zero-order valence-corrected chi connectivity index (χ0v) is 9.88. The molecule has 17 heavy (non-hydrogen) atoms. The van der Waals surface area contributed by atoms with Crippen molar-refractivity contribution in [2.75, 3.05) is 0 Å². The number of hydrogen-bond donors (Lipinski definition) is 1. The molecule has 0 fully saturated rings. The quantitative estimate of drug-likeness (QED) is 0.835. The van der Waals surface area contributed by atoms with Gasteiger partial charge in [0.1, 0.15) is 11.6 Å². The SMILES string of the molecule is Cc1ccc(F)cc1-c1nc(CCl)cc(=O)[nH]1. The third-order valence-corrected chi connectivity index (χ3v) is 2.66. The van der Waals surface area contributed by atoms with Gasteiger partial charge in [-0.05, 0) is 24.6 Å². The third-order valence-electron chi connectivity index (χ3n) is 2.39. The number of aryl methyl sites for hydroxylation is 1. The van der Waals surface area contributed by atoms with Gasteiger partial charge in [0.25, 0.3) is 5.56 Å². The minimum Gasteiger partial charge on any atom is -0.307 e. The predicted molar refractivity (Wildman–Crippen MR) is 64.5 cm³/mol. The molecule has 0 amide bonds. The van der Waals surface area contributed by atoms with E-state index in [1.807, 2.05) is 6.92 Å². The van der Waals surface area contributed by atoms with E-state index in [0.29, 0.717) is 17.1 Å². The van der Waals surface area contributed by atoms with Crippen LogP contribution in [-0.2, 0) is 5.88 Å². The molecule has 0 radical (unpaired) electrons. The Bertz CT molecular complexity index is 610. The molecule has 1 heterocycles. The van der Waals surface area contributed by atoms with Gasteiger partial charge in [0.05, 0.1) is 11.6 Å². The topological polar surface area (TPSA) is 45.8 Å². The average molecular weight is 253 g/mol. The van der Waals surface area contributed by atoms with Crippen LogP contribution in [0.2, 0.25) is 0 Å². The molecule has 88 valence electrons. The van der Waals surface area contributed by atoms with Crippen LogP contribution >= 0.6 is 11.6 Å². The molecule has 0 spiro atoms. The lowest BCUT2D eigenvalue weighted by Crippen LogP contribution is -2.10. The first-order valence-electron chi connectivity index (χ1n) is 5.03. The molecule has 5 heteroatoms. The number of nitrogens with zero attached hydrogens (tertiary/aromatic N) is 1. The molecule has 0 aliphatic rings. The molecule has 3 nitrogen and oxygen atoms in total. The van der Waals surface area contributed by atoms with Crippen LogP contribution in [0.15, 0.2) is 29.1 Å². The first-order chi connectivity index (χ1) is 8.10. The molecule has 0 aliphatic heterocycles. The van der Waals surface area contributed by atoms with Crippen LogP contribution in [0, 0.1) is 12.7 Å². The lowest BCUT2D eigenvalue weighted by atomic mass is 10.1. The van der Waals surface area contributed by atoms with E-state index in [-0.39, 0.29) is 17.3 Å². The van der Waals surface area contributed by atoms with Crippen LogP contribution in [0.3, 0.4) is 0 Å². The highest BCUT2D eigenvalue weighted by atomic mass is 35.5. The maximum absolute atomic E-state index is 13.2. The van der Waals surface area contributed by atoms with Gasteiger partial charge in [0.2, 0.25) is 0 Å². The minimum absolute atomic E-state index is 0.144. The number of hydrogen-bond acceptors (Lipinski definition) is 2. The summed E-state index contributed by atoms with van der Waals surface area (Å²) in [6.45, 7) is 1.82. The molecular weight excluding hydrogens is 243 g/mol. The summed E-state index contributed by atoms with van der Waals surface area (Å²) in [5.74, 6) is 0.111. The fourth-order valence-electron chi connectivity index (χ4n) is 1.55. The summed E-state index contributed by atoms with van der Waals surface area (Å²) in [5, 5.41) is 0. The van der Waals surface area contributed by atoms with Crippen LogP contribution < -0.4 is 5.56 Å². The van der Waals surface area contributed by atoms with Gasteiger partial charge in [0.15, 0.2) is 0 Å². The summed E-state index contributed by atoms with van der Waals surface area (Å²) in [6, 6.07) is 5.66. The molecule has 0 bridgehead atoms. The Labute approximate surface area is 102 Å². The number of aromatic nitrogens is 2. The van der Waals surface area contributed by atoms with Crippen molar-refractivity contribution in [1.29, 1.82) is 0 Å². The van der Waals surface area contributed by atoms with Crippen LogP contribution in [-0.4, -0.2) is 9.97 Å². The summed E-state index contributed by atoms with van der Waals surface area (Å²) in [6.07, 6.45) is 0. The van der Waals surface area contributed by atoms with Gasteiger partial charge < -0.3 is 4.98 Å². The normalized spacial score (nSPS) is 10.5. The van der Waals surface area contributed by atoms with Crippen molar-refractivity contribution >= 4 is 11.6 Å². The lowest BCUT2D eigenvalue weighted by molar-refractivity contribution is 0.627. The van der Waals surface area contributed by atoms with Gasteiger partial charge >= 0.3 is 0 Å². The van der Waals surface area contributed by atoms with E-state index in [4.69, 9.17) is 11.6 Å². The largest absolute Gasteiger partial charge is 0.307 e. The van der Waals surface area contributed by atoms with Gasteiger partial charge in [-0.15, -0.1) is 11.6 Å². The Morgan fingerprint density at radius 2 is 2.18 bits per heavy atom. The van der Waals surface area contributed by atoms with Gasteiger partial charge in [-0.3, -0.25) is 4.79 Å². The zero-order chi connectivity index (χ0) is 12.4. The predicted octanol–water partition coefficient (Wildman–Crippen LogP) is 2.62. The number of nitrogens with one attached hydrogen (secondary N) is 1. The molecule has 1 aromatic heterocycles. The van der Waals surface area contributed by atoms with E-state index in [1.165, 1.54) is 18.2 Å². The number of aromatic amines is 1. The van der Waals surface area contributed by atoms with Crippen molar-refractivity contribution in [1.82, 2.24) is 9.97 Å². The number of rotatable bonds is 2. The van der Waals surface area contributed by atoms with Gasteiger partial charge in [0, 0.05) is 11.6 Å². The third kappa shape index (κ3) is 2.53. The highest BCUT2D eigenvalue weighted by molar-refractivity contribution is 6.16. The summed E-state index contributed by atoms with van der Waals surface area (Å²) in [4.78, 5) is 18.1. The van der Waals surface area contributed by atoms with Crippen molar-refractivity contribution in [2.45, 2.75) is 12.8 Å². The van der Waals surface area contributed by atoms with E-state index in [9.17, 15) is 9.18 Å². The number of halogens is 2. The fourth-order valence-corrected chi connectivity index (χ4v) is 1.69. The van der Waals surface area contributed by atoms with E-state index in [0.717, 1.165) is 5.56 Å². The average Bonchev–Trinajstić information content (AvgIpc) is 2.31. The Kier molecular flexibility index (Phi) is 3.24. The van der Waals surface area contributed by atoms with Crippen LogP contribution in [0.4, 0.5) is 4.39 Å². The summed E-state index contributed by atoms with van der Waals surface area (Å²) < 4.78 is 13.2. The summed E-state index contributed by atoms with van der Waals surface area (Å²) >= 11 is 5.64. The Hall–Kier alpha value is -1.68. The van der Waals surface area contributed by atoms with Crippen molar-refractivity contribution in [3.63, 3.8) is 0 Å². The molecular formula is C12H10ClFN2O. The maximum atomic E-state index is 13.2. The molecule has 0 aliphatic carbocycles. The molecule has 0 saturated heterocycles. The molecule has 2 rings (SSSR count). The summed E-state index contributed by atoms with van der Waals surface area (Å²) in [7, 11) is 0. The molecule has 1 aromatic carbocycles. The second kappa shape index (κ2) is 4.67. The molecule has 0 unspecified atom stereocenters. The Morgan fingerprint density at radius 3 is 2.88 bits per heavy atom. The molecule has 2 aromatic rings. The van der Waals surface area contributed by atoms with Crippen molar-refractivity contribution < 1.29 is 4.39 Å². The lowest BCUT2D eigenvalue weighted by Gasteiger charge is -2.06. The minimum atomic E-state index is -0.371. The second-order valence-corrected chi connectivity index (χ2v) is 3.95. The molecule has 0 saturated carbocycles. The van der Waals surface area contributed by atoms with Crippen molar-refractivity contribution in [2.24, 2.45) is 0 Å². The van der Waals surface area contributed by atoms with Crippen molar-refractivity contribution in [3.05, 3.63) is 51.7 Å². The Balaban J connectivity index is 2.63. The van der Waals surface area contributed by atoms with E-state index in [2.05, 4.69) is 9.97 Å². The number of benzene rings is 1. The first kappa shape index (κ1) is 11.8. The smallest absolute Gasteiger partial charge is 0.251 e. The molecule has 1 N–H and O–H groups in total. The highest BCUT2D eigenvalue weighted by Crippen LogP contribution is 2.20. The number of H-pyrrole nitrogens is 1. The van der Waals surface area contributed by atoms with Crippen LogP contribution in [0.5, 0.6) is 0 Å². The van der Waals surface area contributed by atoms with Gasteiger partial charge in [-0.2, -0.15) is 0 Å². The monoisotopic (exact) mass is 252 g/mol. The van der Waals surface area contributed by atoms with Gasteiger partial charge in [-0.1, -0.05) is 6.07 Å². The highest BCUT2D eigenvalue weighted by Gasteiger charge is 2.07. The first-order valence-corrected chi connectivity index (χ1v) is 5.56. The Morgan fingerprint density at radius 1 is 1.41 bits per heavy atom.